The van der Waals surface area contributed by atoms with Crippen LogP contribution in [0.15, 0.2) is 96.4 Å². The Labute approximate surface area is 188 Å². The summed E-state index contributed by atoms with van der Waals surface area (Å²) in [5.41, 5.74) is 4.20. The molecule has 0 fully saturated rings. The first-order chi connectivity index (χ1) is 15.5. The highest BCUT2D eigenvalue weighted by molar-refractivity contribution is 7.97. The number of carbonyl (C=O) groups is 1. The molecule has 0 saturated carbocycles. The highest BCUT2D eigenvalue weighted by atomic mass is 32.2. The van der Waals surface area contributed by atoms with E-state index in [-0.39, 0.29) is 11.4 Å². The molecule has 6 heteroatoms. The van der Waals surface area contributed by atoms with Crippen LogP contribution in [0.4, 0.5) is 11.4 Å². The van der Waals surface area contributed by atoms with Crippen molar-refractivity contribution >= 4 is 32.9 Å². The van der Waals surface area contributed by atoms with Gasteiger partial charge in [-0.05, 0) is 29.7 Å². The smallest absolute Gasteiger partial charge is 0.272 e. The second-order valence-corrected chi connectivity index (χ2v) is 9.55. The Morgan fingerprint density at radius 3 is 2.31 bits per heavy atom. The number of sulfonamides is 1. The lowest BCUT2D eigenvalue weighted by molar-refractivity contribution is -0.114. The van der Waals surface area contributed by atoms with Crippen LogP contribution in [0.1, 0.15) is 16.7 Å². The molecule has 1 amide bonds. The fraction of sp³-hybridized carbons (Fsp3) is 0.115. The van der Waals surface area contributed by atoms with Crippen molar-refractivity contribution in [1.29, 1.82) is 0 Å². The highest BCUT2D eigenvalue weighted by Crippen LogP contribution is 2.44. The van der Waals surface area contributed by atoms with Gasteiger partial charge < -0.3 is 4.90 Å². The Balaban J connectivity index is 1.80. The molecule has 0 N–H and O–H groups in total. The molecule has 32 heavy (non-hydrogen) atoms. The first-order valence-electron chi connectivity index (χ1n) is 10.5. The standard InChI is InChI=1S/C26H22N2O3S/c1-2-17-28-23-15-9-7-13-21(23)24(20-11-4-3-5-12-20)25(32(28,30)31)26(29)27-18-16-19-10-6-8-14-22(19)27/h2-15H,1,16-18H2. The molecule has 0 bridgehead atoms. The van der Waals surface area contributed by atoms with Gasteiger partial charge in [0.15, 0.2) is 4.91 Å². The number of fused-ring (bicyclic) bond motifs is 2. The molecule has 5 rings (SSSR count). The predicted octanol–water partition coefficient (Wildman–Crippen LogP) is 4.37. The minimum atomic E-state index is -4.13. The molecule has 3 aromatic carbocycles. The van der Waals surface area contributed by atoms with Crippen molar-refractivity contribution in [3.63, 3.8) is 0 Å². The maximum Gasteiger partial charge on any atom is 0.272 e. The van der Waals surface area contributed by atoms with Crippen LogP contribution >= 0.6 is 0 Å². The maximum absolute atomic E-state index is 14.0. The fourth-order valence-corrected chi connectivity index (χ4v) is 6.24. The topological polar surface area (TPSA) is 57.7 Å². The van der Waals surface area contributed by atoms with Crippen LogP contribution in [0.2, 0.25) is 0 Å². The summed E-state index contributed by atoms with van der Waals surface area (Å²) >= 11 is 0. The van der Waals surface area contributed by atoms with E-state index in [4.69, 9.17) is 0 Å². The van der Waals surface area contributed by atoms with Gasteiger partial charge >= 0.3 is 0 Å². The summed E-state index contributed by atoms with van der Waals surface area (Å²) in [6.45, 7) is 4.25. The Morgan fingerprint density at radius 1 is 0.906 bits per heavy atom. The molecule has 0 radical (unpaired) electrons. The number of anilines is 2. The van der Waals surface area contributed by atoms with Gasteiger partial charge in [0, 0.05) is 23.4 Å². The van der Waals surface area contributed by atoms with E-state index in [0.29, 0.717) is 35.4 Å². The Hall–Kier alpha value is -3.64. The molecule has 0 aliphatic carbocycles. The van der Waals surface area contributed by atoms with E-state index in [0.717, 1.165) is 11.3 Å². The summed E-state index contributed by atoms with van der Waals surface area (Å²) in [7, 11) is -4.13. The number of amides is 1. The number of carbonyl (C=O) groups excluding carboxylic acids is 1. The van der Waals surface area contributed by atoms with Crippen molar-refractivity contribution in [2.45, 2.75) is 6.42 Å². The first-order valence-corrected chi connectivity index (χ1v) is 11.9. The third-order valence-electron chi connectivity index (χ3n) is 5.90. The normalized spacial score (nSPS) is 16.5. The second-order valence-electron chi connectivity index (χ2n) is 7.75. The summed E-state index contributed by atoms with van der Waals surface area (Å²) in [4.78, 5) is 15.4. The van der Waals surface area contributed by atoms with Crippen LogP contribution in [0.25, 0.3) is 5.57 Å². The molecule has 2 aliphatic rings. The Kier molecular flexibility index (Phi) is 4.94. The largest absolute Gasteiger partial charge is 0.307 e. The number of hydrogen-bond acceptors (Lipinski definition) is 3. The van der Waals surface area contributed by atoms with Gasteiger partial charge in [-0.15, -0.1) is 6.58 Å². The number of rotatable bonds is 4. The van der Waals surface area contributed by atoms with E-state index in [1.807, 2.05) is 66.7 Å². The van der Waals surface area contributed by atoms with Crippen LogP contribution in [-0.4, -0.2) is 27.4 Å². The molecule has 5 nitrogen and oxygen atoms in total. The molecule has 0 atom stereocenters. The molecule has 160 valence electrons. The lowest BCUT2D eigenvalue weighted by Crippen LogP contribution is -2.42. The summed E-state index contributed by atoms with van der Waals surface area (Å²) in [5.74, 6) is -0.502. The summed E-state index contributed by atoms with van der Waals surface area (Å²) in [5, 5.41) is 0. The van der Waals surface area contributed by atoms with Gasteiger partial charge in [-0.2, -0.15) is 0 Å². The lowest BCUT2D eigenvalue weighted by atomic mass is 9.95. The predicted molar refractivity (Wildman–Crippen MR) is 128 cm³/mol. The Morgan fingerprint density at radius 2 is 1.56 bits per heavy atom. The van der Waals surface area contributed by atoms with Crippen molar-refractivity contribution in [2.75, 3.05) is 22.3 Å². The average Bonchev–Trinajstić information content (AvgIpc) is 3.25. The summed E-state index contributed by atoms with van der Waals surface area (Å²) < 4.78 is 29.1. The Bertz CT molecular complexity index is 1360. The van der Waals surface area contributed by atoms with Gasteiger partial charge in [0.1, 0.15) is 0 Å². The first kappa shape index (κ1) is 20.3. The van der Waals surface area contributed by atoms with E-state index in [1.165, 1.54) is 10.4 Å². The molecule has 2 aliphatic heterocycles. The number of hydrogen-bond donors (Lipinski definition) is 0. The second kappa shape index (κ2) is 7.80. The van der Waals surface area contributed by atoms with Crippen molar-refractivity contribution in [3.8, 4) is 0 Å². The minimum Gasteiger partial charge on any atom is -0.307 e. The van der Waals surface area contributed by atoms with Gasteiger partial charge in [0.05, 0.1) is 12.2 Å². The van der Waals surface area contributed by atoms with Crippen LogP contribution in [0.5, 0.6) is 0 Å². The SMILES string of the molecule is C=CCN1c2ccccc2C(c2ccccc2)=C(C(=O)N2CCc3ccccc32)S1(=O)=O. The highest BCUT2D eigenvalue weighted by Gasteiger charge is 2.43. The zero-order chi connectivity index (χ0) is 22.3. The van der Waals surface area contributed by atoms with E-state index in [9.17, 15) is 13.2 Å². The quantitative estimate of drug-likeness (QED) is 0.564. The third-order valence-corrected chi connectivity index (χ3v) is 7.72. The van der Waals surface area contributed by atoms with Crippen molar-refractivity contribution < 1.29 is 13.2 Å². The fourth-order valence-electron chi connectivity index (χ4n) is 4.49. The van der Waals surface area contributed by atoms with Crippen LogP contribution in [0.3, 0.4) is 0 Å². The van der Waals surface area contributed by atoms with Crippen LogP contribution in [0, 0.1) is 0 Å². The van der Waals surface area contributed by atoms with Crippen LogP contribution in [-0.2, 0) is 21.2 Å². The molecule has 0 saturated heterocycles. The van der Waals surface area contributed by atoms with Gasteiger partial charge in [0.2, 0.25) is 0 Å². The van der Waals surface area contributed by atoms with Gasteiger partial charge in [0.25, 0.3) is 15.9 Å². The van der Waals surface area contributed by atoms with Crippen molar-refractivity contribution in [1.82, 2.24) is 0 Å². The number of nitrogens with zero attached hydrogens (tertiary/aromatic N) is 2. The van der Waals surface area contributed by atoms with E-state index >= 15 is 0 Å². The van der Waals surface area contributed by atoms with Crippen LogP contribution < -0.4 is 9.21 Å². The zero-order valence-corrected chi connectivity index (χ0v) is 18.3. The van der Waals surface area contributed by atoms with E-state index in [1.54, 1.807) is 17.0 Å². The number of para-hydroxylation sites is 2. The zero-order valence-electron chi connectivity index (χ0n) is 17.4. The van der Waals surface area contributed by atoms with Crippen molar-refractivity contribution in [2.24, 2.45) is 0 Å². The molecule has 3 aromatic rings. The summed E-state index contributed by atoms with van der Waals surface area (Å²) in [6, 6.07) is 24.2. The average molecular weight is 443 g/mol. The van der Waals surface area contributed by atoms with Gasteiger partial charge in [-0.1, -0.05) is 72.8 Å². The summed E-state index contributed by atoms with van der Waals surface area (Å²) in [6.07, 6.45) is 2.23. The lowest BCUT2D eigenvalue weighted by Gasteiger charge is -2.34. The van der Waals surface area contributed by atoms with Gasteiger partial charge in [-0.3, -0.25) is 9.10 Å². The molecule has 0 unspecified atom stereocenters. The van der Waals surface area contributed by atoms with Crippen molar-refractivity contribution in [3.05, 3.63) is 113 Å². The third kappa shape index (κ3) is 3.07. The molecular formula is C26H22N2O3S. The monoisotopic (exact) mass is 442 g/mol. The maximum atomic E-state index is 14.0. The molecular weight excluding hydrogens is 420 g/mol. The van der Waals surface area contributed by atoms with Gasteiger partial charge in [-0.25, -0.2) is 8.42 Å². The molecule has 0 spiro atoms. The molecule has 2 heterocycles. The minimum absolute atomic E-state index is 0.0782. The van der Waals surface area contributed by atoms with E-state index < -0.39 is 15.9 Å². The molecule has 0 aromatic heterocycles. The number of benzene rings is 3. The van der Waals surface area contributed by atoms with E-state index in [2.05, 4.69) is 6.58 Å².